The molecule has 1 aromatic rings. The predicted octanol–water partition coefficient (Wildman–Crippen LogP) is 5.12. The number of carbonyl (C=O) groups is 7. The number of anilines is 1. The van der Waals surface area contributed by atoms with Crippen LogP contribution in [0.1, 0.15) is 125 Å². The number of amides is 8. The first-order chi connectivity index (χ1) is 26.5. The van der Waals surface area contributed by atoms with Gasteiger partial charge in [0, 0.05) is 38.2 Å². The zero-order chi connectivity index (χ0) is 41.8. The molecule has 3 atom stereocenters. The van der Waals surface area contributed by atoms with E-state index in [4.69, 9.17) is 10.5 Å². The molecular formula is C41H67N7O8. The fourth-order valence-corrected chi connectivity index (χ4v) is 6.73. The summed E-state index contributed by atoms with van der Waals surface area (Å²) in [6, 6.07) is 4.14. The summed E-state index contributed by atoms with van der Waals surface area (Å²) in [5.74, 6) is -1.22. The number of hydrogen-bond acceptors (Lipinski definition) is 8. The highest BCUT2D eigenvalue weighted by Gasteiger charge is 2.51. The Morgan fingerprint density at radius 1 is 0.821 bits per heavy atom. The van der Waals surface area contributed by atoms with Crippen LogP contribution >= 0.6 is 0 Å². The van der Waals surface area contributed by atoms with Crippen molar-refractivity contribution in [2.24, 2.45) is 28.9 Å². The Labute approximate surface area is 332 Å². The number of likely N-dealkylation sites (tertiary alicyclic amines) is 1. The van der Waals surface area contributed by atoms with Crippen molar-refractivity contribution in [2.45, 2.75) is 138 Å². The third-order valence-corrected chi connectivity index (χ3v) is 10.4. The Balaban J connectivity index is 1.91. The van der Waals surface area contributed by atoms with Crippen molar-refractivity contribution in [3.63, 3.8) is 0 Å². The maximum absolute atomic E-state index is 13.5. The van der Waals surface area contributed by atoms with Gasteiger partial charge in [0.2, 0.25) is 29.5 Å². The molecule has 0 aliphatic carbocycles. The average molecular weight is 786 g/mol. The van der Waals surface area contributed by atoms with Gasteiger partial charge < -0.3 is 37.1 Å². The summed E-state index contributed by atoms with van der Waals surface area (Å²) in [4.78, 5) is 90.3. The number of alkyl carbamates (subject to hydrolysis) is 1. The zero-order valence-corrected chi connectivity index (χ0v) is 34.6. The van der Waals surface area contributed by atoms with Gasteiger partial charge in [-0.25, -0.2) is 9.59 Å². The summed E-state index contributed by atoms with van der Waals surface area (Å²) in [5.41, 5.74) is 5.72. The molecule has 0 saturated carbocycles. The molecule has 1 saturated heterocycles. The summed E-state index contributed by atoms with van der Waals surface area (Å²) in [6.45, 7) is 14.9. The Hall–Kier alpha value is -4.69. The molecule has 15 heteroatoms. The van der Waals surface area contributed by atoms with Crippen LogP contribution in [0, 0.1) is 23.2 Å². The smallest absolute Gasteiger partial charge is 0.407 e. The van der Waals surface area contributed by atoms with Gasteiger partial charge in [0.05, 0.1) is 5.41 Å². The van der Waals surface area contributed by atoms with Gasteiger partial charge in [-0.15, -0.1) is 0 Å². The van der Waals surface area contributed by atoms with Gasteiger partial charge in [0.25, 0.3) is 0 Å². The molecule has 0 spiro atoms. The highest BCUT2D eigenvalue weighted by molar-refractivity contribution is 6.06. The molecule has 8 amide bonds. The number of unbranched alkanes of at least 4 members (excludes halogenated alkanes) is 3. The van der Waals surface area contributed by atoms with Gasteiger partial charge in [0.15, 0.2) is 0 Å². The van der Waals surface area contributed by atoms with Crippen LogP contribution in [0.15, 0.2) is 24.3 Å². The molecule has 0 radical (unpaired) electrons. The predicted molar refractivity (Wildman–Crippen MR) is 215 cm³/mol. The molecule has 56 heavy (non-hydrogen) atoms. The number of primary amides is 1. The highest BCUT2D eigenvalue weighted by Crippen LogP contribution is 2.42. The third-order valence-electron chi connectivity index (χ3n) is 10.4. The molecule has 7 N–H and O–H groups in total. The minimum atomic E-state index is -0.999. The second kappa shape index (κ2) is 24.1. The summed E-state index contributed by atoms with van der Waals surface area (Å²) in [6.07, 6.45) is 5.72. The van der Waals surface area contributed by atoms with Gasteiger partial charge >= 0.3 is 12.1 Å². The number of rotatable bonds is 25. The van der Waals surface area contributed by atoms with Crippen molar-refractivity contribution in [3.8, 4) is 0 Å². The normalized spacial score (nSPS) is 16.5. The van der Waals surface area contributed by atoms with E-state index in [1.54, 1.807) is 38.1 Å². The molecule has 1 fully saturated rings. The standard InChI is InChI=1S/C41H67N7O8/c1-8-41(29(6)7)25-34(50)48(38(41)53)24-13-9-10-17-33(49)47-35(28(4)5)37(52)46-32(16-14-23-43-39(42)54)36(51)45-31-20-18-30(19-21-31)26-56-40(55)44-22-12-11-15-27(2)3/h18-21,27-29,32,35H,8-17,22-26H2,1-7H3,(H,44,55)(H,45,51)(H,46,52)(H,47,49)(H3,42,43,54)/t32-,35-,41?/m0/s1. The molecule has 314 valence electrons. The summed E-state index contributed by atoms with van der Waals surface area (Å²) in [5, 5.41) is 13.6. The number of nitrogens with two attached hydrogens (primary N) is 1. The molecule has 15 nitrogen and oxygen atoms in total. The maximum atomic E-state index is 13.5. The van der Waals surface area contributed by atoms with E-state index in [1.165, 1.54) is 4.90 Å². The van der Waals surface area contributed by atoms with E-state index in [0.29, 0.717) is 56.8 Å². The van der Waals surface area contributed by atoms with Crippen molar-refractivity contribution >= 4 is 47.3 Å². The lowest BCUT2D eigenvalue weighted by Gasteiger charge is -2.29. The van der Waals surface area contributed by atoms with Crippen molar-refractivity contribution in [1.82, 2.24) is 26.2 Å². The maximum Gasteiger partial charge on any atom is 0.407 e. The summed E-state index contributed by atoms with van der Waals surface area (Å²) < 4.78 is 5.30. The first-order valence-electron chi connectivity index (χ1n) is 20.3. The lowest BCUT2D eigenvalue weighted by atomic mass is 9.73. The van der Waals surface area contributed by atoms with Crippen LogP contribution in [0.2, 0.25) is 0 Å². The van der Waals surface area contributed by atoms with E-state index in [0.717, 1.165) is 24.8 Å². The highest BCUT2D eigenvalue weighted by atomic mass is 16.5. The van der Waals surface area contributed by atoms with Crippen molar-refractivity contribution in [3.05, 3.63) is 29.8 Å². The van der Waals surface area contributed by atoms with E-state index < -0.39 is 41.4 Å². The molecule has 1 aliphatic rings. The number of nitrogens with one attached hydrogen (secondary N) is 5. The minimum absolute atomic E-state index is 0.0542. The molecule has 1 heterocycles. The lowest BCUT2D eigenvalue weighted by Crippen LogP contribution is -2.54. The average Bonchev–Trinajstić information content (AvgIpc) is 3.39. The molecule has 1 aromatic carbocycles. The Bertz CT molecular complexity index is 1470. The fourth-order valence-electron chi connectivity index (χ4n) is 6.73. The van der Waals surface area contributed by atoms with E-state index in [2.05, 4.69) is 40.4 Å². The monoisotopic (exact) mass is 786 g/mol. The number of carbonyl (C=O) groups excluding carboxylic acids is 7. The van der Waals surface area contributed by atoms with Crippen LogP contribution < -0.4 is 32.3 Å². The van der Waals surface area contributed by atoms with Gasteiger partial charge in [-0.2, -0.15) is 0 Å². The SMILES string of the molecule is CCC1(C(C)C)CC(=O)N(CCCCCC(=O)N[C@H](C(=O)N[C@@H](CCCNC(N)=O)C(=O)Nc2ccc(COC(=O)NCCCCC(C)C)cc2)C(C)C)C1=O. The number of ether oxygens (including phenoxy) is 1. The number of benzene rings is 1. The van der Waals surface area contributed by atoms with Gasteiger partial charge in [0.1, 0.15) is 18.7 Å². The van der Waals surface area contributed by atoms with Gasteiger partial charge in [-0.1, -0.05) is 79.9 Å². The third kappa shape index (κ3) is 15.8. The quantitative estimate of drug-likeness (QED) is 0.0576. The summed E-state index contributed by atoms with van der Waals surface area (Å²) in [7, 11) is 0. The van der Waals surface area contributed by atoms with Gasteiger partial charge in [-0.05, 0) is 74.0 Å². The van der Waals surface area contributed by atoms with Crippen LogP contribution in [0.4, 0.5) is 15.3 Å². The topological polar surface area (TPSA) is 218 Å². The van der Waals surface area contributed by atoms with Crippen LogP contribution in [0.3, 0.4) is 0 Å². The van der Waals surface area contributed by atoms with Crippen LogP contribution in [-0.2, 0) is 35.3 Å². The largest absolute Gasteiger partial charge is 0.445 e. The zero-order valence-electron chi connectivity index (χ0n) is 34.6. The molecule has 1 aliphatic heterocycles. The summed E-state index contributed by atoms with van der Waals surface area (Å²) >= 11 is 0. The Morgan fingerprint density at radius 3 is 2.09 bits per heavy atom. The lowest BCUT2D eigenvalue weighted by molar-refractivity contribution is -0.142. The van der Waals surface area contributed by atoms with E-state index in [9.17, 15) is 33.6 Å². The van der Waals surface area contributed by atoms with Crippen LogP contribution in [0.25, 0.3) is 0 Å². The minimum Gasteiger partial charge on any atom is -0.445 e. The van der Waals surface area contributed by atoms with E-state index in [-0.39, 0.29) is 62.0 Å². The number of imide groups is 1. The molecular weight excluding hydrogens is 718 g/mol. The molecule has 0 aromatic heterocycles. The molecule has 1 unspecified atom stereocenters. The Kier molecular flexibility index (Phi) is 20.4. The van der Waals surface area contributed by atoms with Crippen molar-refractivity contribution < 1.29 is 38.3 Å². The van der Waals surface area contributed by atoms with E-state index >= 15 is 0 Å². The fraction of sp³-hybridized carbons (Fsp3) is 0.683. The van der Waals surface area contributed by atoms with Crippen molar-refractivity contribution in [1.29, 1.82) is 0 Å². The molecule has 2 rings (SSSR count). The van der Waals surface area contributed by atoms with Crippen molar-refractivity contribution in [2.75, 3.05) is 25.0 Å². The Morgan fingerprint density at radius 2 is 1.50 bits per heavy atom. The molecule has 0 bridgehead atoms. The number of nitrogens with zero attached hydrogens (tertiary/aromatic N) is 1. The van der Waals surface area contributed by atoms with Crippen LogP contribution in [0.5, 0.6) is 0 Å². The second-order valence-electron chi connectivity index (χ2n) is 15.9. The second-order valence-corrected chi connectivity index (χ2v) is 15.9. The number of urea groups is 1. The van der Waals surface area contributed by atoms with Gasteiger partial charge in [-0.3, -0.25) is 28.9 Å². The number of hydrogen-bond donors (Lipinski definition) is 6. The first kappa shape index (κ1) is 47.5. The van der Waals surface area contributed by atoms with Crippen LogP contribution in [-0.4, -0.2) is 78.3 Å². The first-order valence-corrected chi connectivity index (χ1v) is 20.3. The van der Waals surface area contributed by atoms with E-state index in [1.807, 2.05) is 20.8 Å².